The van der Waals surface area contributed by atoms with Gasteiger partial charge in [0.15, 0.2) is 0 Å². The van der Waals surface area contributed by atoms with E-state index in [0.29, 0.717) is 23.6 Å². The van der Waals surface area contributed by atoms with Crippen LogP contribution in [0.15, 0.2) is 24.3 Å². The number of nitrogens with two attached hydrogens (primary N) is 1. The summed E-state index contributed by atoms with van der Waals surface area (Å²) in [6.45, 7) is 2.71. The zero-order chi connectivity index (χ0) is 13.7. The molecule has 0 saturated carbocycles. The third-order valence-electron chi connectivity index (χ3n) is 3.38. The molecule has 1 unspecified atom stereocenters. The van der Waals surface area contributed by atoms with E-state index >= 15 is 0 Å². The van der Waals surface area contributed by atoms with Crippen molar-refractivity contribution in [3.05, 3.63) is 35.4 Å². The zero-order valence-corrected chi connectivity index (χ0v) is 12.0. The minimum atomic E-state index is -0.486. The first-order valence-corrected chi connectivity index (χ1v) is 6.55. The molecule has 0 aliphatic carbocycles. The van der Waals surface area contributed by atoms with Gasteiger partial charge in [0.2, 0.25) is 5.91 Å². The summed E-state index contributed by atoms with van der Waals surface area (Å²) < 4.78 is 0. The molecule has 0 bridgehead atoms. The maximum absolute atomic E-state index is 11.9. The summed E-state index contributed by atoms with van der Waals surface area (Å²) in [6, 6.07) is 6.38. The maximum Gasteiger partial charge on any atom is 0.251 e. The summed E-state index contributed by atoms with van der Waals surface area (Å²) in [4.78, 5) is 22.8. The Balaban J connectivity index is 0.00000200. The Morgan fingerprint density at radius 2 is 1.90 bits per heavy atom. The summed E-state index contributed by atoms with van der Waals surface area (Å²) in [6.07, 6.45) is 2.31. The van der Waals surface area contributed by atoms with Crippen molar-refractivity contribution in [2.24, 2.45) is 11.7 Å². The molecule has 1 aromatic carbocycles. The number of halogens is 1. The molecule has 6 heteroatoms. The standard InChI is InChI=1S/C14H19N3O2.ClH/c15-13(18)11-3-5-12(6-4-11)14(19)17-9-10-2-1-7-16-8-10;/h3-6,10,16H,1-2,7-9H2,(H2,15,18)(H,17,19);1H. The number of hydrogen-bond donors (Lipinski definition) is 3. The molecule has 1 fully saturated rings. The van der Waals surface area contributed by atoms with Crippen molar-refractivity contribution >= 4 is 24.2 Å². The minimum absolute atomic E-state index is 0. The van der Waals surface area contributed by atoms with E-state index in [1.165, 1.54) is 0 Å². The van der Waals surface area contributed by atoms with E-state index in [9.17, 15) is 9.59 Å². The monoisotopic (exact) mass is 297 g/mol. The summed E-state index contributed by atoms with van der Waals surface area (Å²) in [5.74, 6) is -0.0931. The van der Waals surface area contributed by atoms with Gasteiger partial charge in [-0.2, -0.15) is 0 Å². The number of hydrogen-bond acceptors (Lipinski definition) is 3. The van der Waals surface area contributed by atoms with Crippen LogP contribution in [0.5, 0.6) is 0 Å². The molecule has 1 aliphatic rings. The fraction of sp³-hybridized carbons (Fsp3) is 0.429. The number of rotatable bonds is 4. The molecule has 5 nitrogen and oxygen atoms in total. The van der Waals surface area contributed by atoms with Crippen molar-refractivity contribution in [2.75, 3.05) is 19.6 Å². The van der Waals surface area contributed by atoms with Crippen LogP contribution in [0.25, 0.3) is 0 Å². The van der Waals surface area contributed by atoms with Gasteiger partial charge in [0.1, 0.15) is 0 Å². The van der Waals surface area contributed by atoms with Crippen molar-refractivity contribution < 1.29 is 9.59 Å². The van der Waals surface area contributed by atoms with E-state index in [1.807, 2.05) is 0 Å². The molecule has 2 rings (SSSR count). The Hall–Kier alpha value is -1.59. The second-order valence-corrected chi connectivity index (χ2v) is 4.86. The predicted molar refractivity (Wildman–Crippen MR) is 80.1 cm³/mol. The molecule has 0 spiro atoms. The van der Waals surface area contributed by atoms with Crippen LogP contribution in [0.1, 0.15) is 33.6 Å². The lowest BCUT2D eigenvalue weighted by atomic mass is 9.99. The quantitative estimate of drug-likeness (QED) is 0.773. The lowest BCUT2D eigenvalue weighted by Gasteiger charge is -2.22. The number of primary amides is 1. The first-order chi connectivity index (χ1) is 9.16. The summed E-state index contributed by atoms with van der Waals surface area (Å²) >= 11 is 0. The number of benzene rings is 1. The molecule has 0 aromatic heterocycles. The molecule has 2 amide bonds. The number of carbonyl (C=O) groups is 2. The fourth-order valence-electron chi connectivity index (χ4n) is 2.22. The minimum Gasteiger partial charge on any atom is -0.366 e. The molecule has 1 saturated heterocycles. The highest BCUT2D eigenvalue weighted by molar-refractivity contribution is 5.97. The molecular weight excluding hydrogens is 278 g/mol. The van der Waals surface area contributed by atoms with Crippen LogP contribution in [-0.4, -0.2) is 31.4 Å². The van der Waals surface area contributed by atoms with Crippen LogP contribution in [-0.2, 0) is 0 Å². The molecule has 20 heavy (non-hydrogen) atoms. The number of amides is 2. The van der Waals surface area contributed by atoms with E-state index in [4.69, 9.17) is 5.73 Å². The predicted octanol–water partition coefficient (Wildman–Crippen LogP) is 0.937. The second-order valence-electron chi connectivity index (χ2n) is 4.86. The summed E-state index contributed by atoms with van der Waals surface area (Å²) in [7, 11) is 0. The van der Waals surface area contributed by atoms with E-state index in [-0.39, 0.29) is 18.3 Å². The highest BCUT2D eigenvalue weighted by Gasteiger charge is 2.14. The summed E-state index contributed by atoms with van der Waals surface area (Å²) in [5, 5.41) is 6.24. The van der Waals surface area contributed by atoms with E-state index in [1.54, 1.807) is 24.3 Å². The first kappa shape index (κ1) is 16.5. The normalized spacial score (nSPS) is 17.9. The van der Waals surface area contributed by atoms with Crippen LogP contribution < -0.4 is 16.4 Å². The van der Waals surface area contributed by atoms with Crippen LogP contribution in [0.2, 0.25) is 0 Å². The number of carbonyl (C=O) groups excluding carboxylic acids is 2. The van der Waals surface area contributed by atoms with E-state index in [0.717, 1.165) is 25.9 Å². The molecule has 1 heterocycles. The lowest BCUT2D eigenvalue weighted by Crippen LogP contribution is -2.38. The van der Waals surface area contributed by atoms with Gasteiger partial charge in [-0.1, -0.05) is 0 Å². The Morgan fingerprint density at radius 1 is 1.25 bits per heavy atom. The van der Waals surface area contributed by atoms with Crippen molar-refractivity contribution in [1.82, 2.24) is 10.6 Å². The molecule has 1 aromatic rings. The van der Waals surface area contributed by atoms with Crippen molar-refractivity contribution in [3.63, 3.8) is 0 Å². The van der Waals surface area contributed by atoms with Gasteiger partial charge in [-0.3, -0.25) is 9.59 Å². The SMILES string of the molecule is Cl.NC(=O)c1ccc(C(=O)NCC2CCCNC2)cc1. The number of piperidine rings is 1. The molecule has 0 radical (unpaired) electrons. The fourth-order valence-corrected chi connectivity index (χ4v) is 2.22. The average molecular weight is 298 g/mol. The lowest BCUT2D eigenvalue weighted by molar-refractivity contribution is 0.0942. The zero-order valence-electron chi connectivity index (χ0n) is 11.2. The van der Waals surface area contributed by atoms with Gasteiger partial charge in [0, 0.05) is 17.7 Å². The molecular formula is C14H20ClN3O2. The third kappa shape index (κ3) is 4.51. The van der Waals surface area contributed by atoms with Gasteiger partial charge >= 0.3 is 0 Å². The summed E-state index contributed by atoms with van der Waals surface area (Å²) in [5.41, 5.74) is 6.11. The second kappa shape index (κ2) is 7.87. The highest BCUT2D eigenvalue weighted by Crippen LogP contribution is 2.09. The van der Waals surface area contributed by atoms with Gasteiger partial charge in [0.05, 0.1) is 0 Å². The molecule has 110 valence electrons. The first-order valence-electron chi connectivity index (χ1n) is 6.55. The molecule has 4 N–H and O–H groups in total. The Bertz CT molecular complexity index is 456. The topological polar surface area (TPSA) is 84.2 Å². The van der Waals surface area contributed by atoms with Crippen LogP contribution in [0.3, 0.4) is 0 Å². The molecule has 1 aliphatic heterocycles. The Morgan fingerprint density at radius 3 is 2.45 bits per heavy atom. The van der Waals surface area contributed by atoms with Crippen molar-refractivity contribution in [1.29, 1.82) is 0 Å². The van der Waals surface area contributed by atoms with E-state index < -0.39 is 5.91 Å². The van der Waals surface area contributed by atoms with Crippen molar-refractivity contribution in [3.8, 4) is 0 Å². The van der Waals surface area contributed by atoms with Gasteiger partial charge in [0.25, 0.3) is 5.91 Å². The van der Waals surface area contributed by atoms with Gasteiger partial charge < -0.3 is 16.4 Å². The van der Waals surface area contributed by atoms with Crippen LogP contribution >= 0.6 is 12.4 Å². The largest absolute Gasteiger partial charge is 0.366 e. The highest BCUT2D eigenvalue weighted by atomic mass is 35.5. The third-order valence-corrected chi connectivity index (χ3v) is 3.38. The van der Waals surface area contributed by atoms with Gasteiger partial charge in [-0.05, 0) is 56.1 Å². The van der Waals surface area contributed by atoms with Gasteiger partial charge in [-0.15, -0.1) is 12.4 Å². The van der Waals surface area contributed by atoms with Crippen LogP contribution in [0, 0.1) is 5.92 Å². The van der Waals surface area contributed by atoms with Crippen molar-refractivity contribution in [2.45, 2.75) is 12.8 Å². The van der Waals surface area contributed by atoms with E-state index in [2.05, 4.69) is 10.6 Å². The Kier molecular flexibility index (Phi) is 6.48. The maximum atomic E-state index is 11.9. The van der Waals surface area contributed by atoms with Crippen LogP contribution in [0.4, 0.5) is 0 Å². The van der Waals surface area contributed by atoms with Gasteiger partial charge in [-0.25, -0.2) is 0 Å². The molecule has 1 atom stereocenters. The Labute approximate surface area is 124 Å². The average Bonchev–Trinajstić information content (AvgIpc) is 2.46. The smallest absolute Gasteiger partial charge is 0.251 e. The number of nitrogens with one attached hydrogen (secondary N) is 2.